The highest BCUT2D eigenvalue weighted by Gasteiger charge is 2.31. The summed E-state index contributed by atoms with van der Waals surface area (Å²) in [6, 6.07) is 13.2. The third-order valence-corrected chi connectivity index (χ3v) is 6.36. The number of anilines is 1. The number of carbonyl (C=O) groups excluding carboxylic acids is 2. The zero-order chi connectivity index (χ0) is 23.9. The predicted molar refractivity (Wildman–Crippen MR) is 128 cm³/mol. The Bertz CT molecular complexity index is 1040. The van der Waals surface area contributed by atoms with Gasteiger partial charge in [0.2, 0.25) is 21.8 Å². The van der Waals surface area contributed by atoms with Gasteiger partial charge < -0.3 is 10.2 Å². The molecule has 0 saturated heterocycles. The Balaban J connectivity index is 2.42. The van der Waals surface area contributed by atoms with Crippen LogP contribution in [0.5, 0.6) is 0 Å². The molecule has 0 bridgehead atoms. The van der Waals surface area contributed by atoms with Gasteiger partial charge in [0.25, 0.3) is 0 Å². The lowest BCUT2D eigenvalue weighted by molar-refractivity contribution is -0.140. The number of sulfonamides is 1. The van der Waals surface area contributed by atoms with E-state index in [1.807, 2.05) is 19.9 Å². The Labute approximate surface area is 195 Å². The predicted octanol–water partition coefficient (Wildman–Crippen LogP) is 3.36. The molecule has 9 heteroatoms. The molecule has 0 aromatic heterocycles. The summed E-state index contributed by atoms with van der Waals surface area (Å²) in [4.78, 5) is 27.6. The van der Waals surface area contributed by atoms with Crippen molar-refractivity contribution < 1.29 is 18.0 Å². The number of benzene rings is 2. The Morgan fingerprint density at radius 3 is 2.28 bits per heavy atom. The third-order valence-electron chi connectivity index (χ3n) is 4.97. The molecule has 174 valence electrons. The number of amides is 2. The second-order valence-corrected chi connectivity index (χ2v) is 9.92. The molecule has 0 fully saturated rings. The summed E-state index contributed by atoms with van der Waals surface area (Å²) in [6.45, 7) is 5.64. The molecule has 0 unspecified atom stereocenters. The fraction of sp³-hybridized carbons (Fsp3) is 0.391. The zero-order valence-corrected chi connectivity index (χ0v) is 20.4. The molecule has 0 spiro atoms. The van der Waals surface area contributed by atoms with Gasteiger partial charge in [-0.15, -0.1) is 0 Å². The maximum absolute atomic E-state index is 13.5. The zero-order valence-electron chi connectivity index (χ0n) is 18.8. The maximum atomic E-state index is 13.5. The lowest BCUT2D eigenvalue weighted by Crippen LogP contribution is -2.52. The molecule has 2 aromatic carbocycles. The highest BCUT2D eigenvalue weighted by molar-refractivity contribution is 7.92. The molecule has 2 aromatic rings. The van der Waals surface area contributed by atoms with Gasteiger partial charge in [0.05, 0.1) is 11.9 Å². The number of nitrogens with zero attached hydrogens (tertiary/aromatic N) is 2. The van der Waals surface area contributed by atoms with E-state index in [1.165, 1.54) is 4.90 Å². The first-order chi connectivity index (χ1) is 15.1. The van der Waals surface area contributed by atoms with Crippen molar-refractivity contribution in [1.82, 2.24) is 10.2 Å². The summed E-state index contributed by atoms with van der Waals surface area (Å²) in [5.74, 6) is -0.747. The fourth-order valence-electron chi connectivity index (χ4n) is 3.39. The van der Waals surface area contributed by atoms with Gasteiger partial charge in [-0.3, -0.25) is 13.9 Å². The first kappa shape index (κ1) is 25.7. The average Bonchev–Trinajstić information content (AvgIpc) is 2.72. The molecule has 0 aliphatic rings. The van der Waals surface area contributed by atoms with Gasteiger partial charge in [-0.2, -0.15) is 0 Å². The van der Waals surface area contributed by atoms with Crippen LogP contribution in [-0.4, -0.2) is 50.5 Å². The fourth-order valence-corrected chi connectivity index (χ4v) is 4.36. The van der Waals surface area contributed by atoms with E-state index in [4.69, 9.17) is 11.6 Å². The normalized spacial score (nSPS) is 12.2. The van der Waals surface area contributed by atoms with Crippen LogP contribution in [0, 0.1) is 6.92 Å². The number of hydrogen-bond donors (Lipinski definition) is 1. The third kappa shape index (κ3) is 6.97. The van der Waals surface area contributed by atoms with Crippen molar-refractivity contribution in [3.05, 3.63) is 64.7 Å². The SMILES string of the molecule is CCNC(=O)[C@@H](CC)N(Cc1ccc(Cl)cc1)C(=O)CN(c1cccc(C)c1)S(C)(=O)=O. The van der Waals surface area contributed by atoms with Crippen LogP contribution >= 0.6 is 11.6 Å². The van der Waals surface area contributed by atoms with Crippen LogP contribution < -0.4 is 9.62 Å². The number of hydrogen-bond acceptors (Lipinski definition) is 4. The van der Waals surface area contributed by atoms with Crippen LogP contribution in [0.3, 0.4) is 0 Å². The van der Waals surface area contributed by atoms with Crippen molar-refractivity contribution in [2.75, 3.05) is 23.7 Å². The number of likely N-dealkylation sites (N-methyl/N-ethyl adjacent to an activating group) is 1. The van der Waals surface area contributed by atoms with Gasteiger partial charge in [0.1, 0.15) is 12.6 Å². The standard InChI is InChI=1S/C23H30ClN3O4S/c1-5-21(23(29)25-6-2)26(15-18-10-12-19(24)13-11-18)22(28)16-27(32(4,30)31)20-9-7-8-17(3)14-20/h7-14,21H,5-6,15-16H2,1-4H3,(H,25,29)/t21-/m1/s1. The molecule has 0 aliphatic heterocycles. The molecule has 0 heterocycles. The van der Waals surface area contributed by atoms with Gasteiger partial charge in [-0.05, 0) is 55.7 Å². The van der Waals surface area contributed by atoms with E-state index in [9.17, 15) is 18.0 Å². The monoisotopic (exact) mass is 479 g/mol. The van der Waals surface area contributed by atoms with Gasteiger partial charge in [0, 0.05) is 18.1 Å². The highest BCUT2D eigenvalue weighted by atomic mass is 35.5. The number of carbonyl (C=O) groups is 2. The minimum atomic E-state index is -3.74. The summed E-state index contributed by atoms with van der Waals surface area (Å²) in [5, 5.41) is 3.32. The first-order valence-corrected chi connectivity index (χ1v) is 12.7. The van der Waals surface area contributed by atoms with E-state index in [0.29, 0.717) is 23.7 Å². The first-order valence-electron chi connectivity index (χ1n) is 10.4. The molecule has 0 radical (unpaired) electrons. The van der Waals surface area contributed by atoms with Gasteiger partial charge in [-0.1, -0.05) is 42.8 Å². The Morgan fingerprint density at radius 1 is 1.09 bits per heavy atom. The molecule has 1 N–H and O–H groups in total. The molecule has 0 aliphatic carbocycles. The molecule has 0 saturated carbocycles. The summed E-state index contributed by atoms with van der Waals surface area (Å²) >= 11 is 5.97. The number of aryl methyl sites for hydroxylation is 1. The summed E-state index contributed by atoms with van der Waals surface area (Å²) in [6.07, 6.45) is 1.45. The molecule has 7 nitrogen and oxygen atoms in total. The van der Waals surface area contributed by atoms with Crippen LogP contribution in [-0.2, 0) is 26.2 Å². The summed E-state index contributed by atoms with van der Waals surface area (Å²) in [5.41, 5.74) is 2.06. The van der Waals surface area contributed by atoms with E-state index in [-0.39, 0.29) is 12.5 Å². The lowest BCUT2D eigenvalue weighted by Gasteiger charge is -2.32. The number of halogens is 1. The molecular weight excluding hydrogens is 450 g/mol. The Morgan fingerprint density at radius 2 is 1.75 bits per heavy atom. The van der Waals surface area contributed by atoms with E-state index >= 15 is 0 Å². The number of rotatable bonds is 10. The second-order valence-electron chi connectivity index (χ2n) is 7.58. The number of nitrogens with one attached hydrogen (secondary N) is 1. The largest absolute Gasteiger partial charge is 0.355 e. The molecular formula is C23H30ClN3O4S. The van der Waals surface area contributed by atoms with Crippen molar-refractivity contribution in [2.45, 2.75) is 39.8 Å². The summed E-state index contributed by atoms with van der Waals surface area (Å²) < 4.78 is 26.1. The quantitative estimate of drug-likeness (QED) is 0.566. The summed E-state index contributed by atoms with van der Waals surface area (Å²) in [7, 11) is -3.74. The minimum Gasteiger partial charge on any atom is -0.355 e. The van der Waals surface area contributed by atoms with Gasteiger partial charge in [-0.25, -0.2) is 8.42 Å². The van der Waals surface area contributed by atoms with Crippen molar-refractivity contribution in [3.8, 4) is 0 Å². The topological polar surface area (TPSA) is 86.8 Å². The molecule has 2 rings (SSSR count). The van der Waals surface area contributed by atoms with E-state index < -0.39 is 28.5 Å². The van der Waals surface area contributed by atoms with Crippen LogP contribution in [0.4, 0.5) is 5.69 Å². The van der Waals surface area contributed by atoms with Crippen molar-refractivity contribution >= 4 is 39.1 Å². The Hall–Kier alpha value is -2.58. The van der Waals surface area contributed by atoms with Gasteiger partial charge >= 0.3 is 0 Å². The highest BCUT2D eigenvalue weighted by Crippen LogP contribution is 2.21. The average molecular weight is 480 g/mol. The van der Waals surface area contributed by atoms with Crippen molar-refractivity contribution in [2.24, 2.45) is 0 Å². The second kappa shape index (κ2) is 11.3. The molecule has 32 heavy (non-hydrogen) atoms. The molecule has 1 atom stereocenters. The van der Waals surface area contributed by atoms with E-state index in [1.54, 1.807) is 49.4 Å². The van der Waals surface area contributed by atoms with E-state index in [0.717, 1.165) is 21.7 Å². The van der Waals surface area contributed by atoms with Crippen LogP contribution in [0.25, 0.3) is 0 Å². The van der Waals surface area contributed by atoms with Crippen LogP contribution in [0.15, 0.2) is 48.5 Å². The van der Waals surface area contributed by atoms with Crippen molar-refractivity contribution in [3.63, 3.8) is 0 Å². The maximum Gasteiger partial charge on any atom is 0.244 e. The van der Waals surface area contributed by atoms with Crippen molar-refractivity contribution in [1.29, 1.82) is 0 Å². The Kier molecular flexibility index (Phi) is 9.09. The lowest BCUT2D eigenvalue weighted by atomic mass is 10.1. The minimum absolute atomic E-state index is 0.150. The van der Waals surface area contributed by atoms with E-state index in [2.05, 4.69) is 5.32 Å². The van der Waals surface area contributed by atoms with Crippen LogP contribution in [0.2, 0.25) is 5.02 Å². The van der Waals surface area contributed by atoms with Gasteiger partial charge in [0.15, 0.2) is 0 Å². The van der Waals surface area contributed by atoms with Crippen LogP contribution in [0.1, 0.15) is 31.4 Å². The smallest absolute Gasteiger partial charge is 0.244 e. The molecule has 2 amide bonds.